The molecule has 106 valence electrons. The van der Waals surface area contributed by atoms with Gasteiger partial charge in [-0.05, 0) is 36.4 Å². The zero-order valence-electron chi connectivity index (χ0n) is 10.2. The lowest BCUT2D eigenvalue weighted by molar-refractivity contribution is 0.186. The lowest BCUT2D eigenvalue weighted by atomic mass is 10.1. The van der Waals surface area contributed by atoms with Crippen molar-refractivity contribution in [2.24, 2.45) is 0 Å². The Kier molecular flexibility index (Phi) is 4.52. The molecule has 0 amide bonds. The summed E-state index contributed by atoms with van der Waals surface area (Å²) in [5, 5.41) is 12.5. The van der Waals surface area contributed by atoms with Crippen molar-refractivity contribution in [2.45, 2.75) is 6.10 Å². The molecule has 2 N–H and O–H groups in total. The van der Waals surface area contributed by atoms with Gasteiger partial charge in [0.25, 0.3) is 0 Å². The molecule has 2 nitrogen and oxygen atoms in total. The van der Waals surface area contributed by atoms with Gasteiger partial charge in [0.15, 0.2) is 0 Å². The first-order chi connectivity index (χ1) is 9.47. The standard InChI is InChI=1S/C14H11ClF3NO/c15-11-3-2-9(6-13(11)18)19-7-14(20)10-5-8(16)1-4-12(10)17/h1-6,14,19-20H,7H2. The molecule has 0 fully saturated rings. The first-order valence-electron chi connectivity index (χ1n) is 5.79. The van der Waals surface area contributed by atoms with Gasteiger partial charge in [-0.3, -0.25) is 0 Å². The molecule has 1 atom stereocenters. The van der Waals surface area contributed by atoms with Crippen molar-refractivity contribution < 1.29 is 18.3 Å². The largest absolute Gasteiger partial charge is 0.386 e. The summed E-state index contributed by atoms with van der Waals surface area (Å²) in [6, 6.07) is 6.85. The van der Waals surface area contributed by atoms with E-state index in [1.165, 1.54) is 12.1 Å². The Hall–Kier alpha value is -1.72. The van der Waals surface area contributed by atoms with Crippen LogP contribution in [0.3, 0.4) is 0 Å². The SMILES string of the molecule is OC(CNc1ccc(Cl)c(F)c1)c1cc(F)ccc1F. The van der Waals surface area contributed by atoms with Crippen molar-refractivity contribution in [3.63, 3.8) is 0 Å². The average molecular weight is 302 g/mol. The number of halogens is 4. The monoisotopic (exact) mass is 301 g/mol. The summed E-state index contributed by atoms with van der Waals surface area (Å²) in [5.74, 6) is -1.95. The van der Waals surface area contributed by atoms with Gasteiger partial charge in [0, 0.05) is 17.8 Å². The summed E-state index contributed by atoms with van der Waals surface area (Å²) in [4.78, 5) is 0. The Balaban J connectivity index is 2.06. The second kappa shape index (κ2) is 6.15. The van der Waals surface area contributed by atoms with Crippen LogP contribution in [0.2, 0.25) is 5.02 Å². The van der Waals surface area contributed by atoms with Gasteiger partial charge in [0.05, 0.1) is 11.1 Å². The Morgan fingerprint density at radius 1 is 1.05 bits per heavy atom. The summed E-state index contributed by atoms with van der Waals surface area (Å²) in [5.41, 5.74) is 0.217. The Morgan fingerprint density at radius 3 is 2.50 bits per heavy atom. The number of hydrogen-bond acceptors (Lipinski definition) is 2. The number of benzene rings is 2. The van der Waals surface area contributed by atoms with Crippen molar-refractivity contribution in [1.82, 2.24) is 0 Å². The number of anilines is 1. The van der Waals surface area contributed by atoms with E-state index in [1.54, 1.807) is 0 Å². The second-order valence-electron chi connectivity index (χ2n) is 4.19. The van der Waals surface area contributed by atoms with E-state index in [2.05, 4.69) is 5.32 Å². The molecular weight excluding hydrogens is 291 g/mol. The van der Waals surface area contributed by atoms with Gasteiger partial charge in [0.2, 0.25) is 0 Å². The first-order valence-corrected chi connectivity index (χ1v) is 6.17. The Morgan fingerprint density at radius 2 is 1.80 bits per heavy atom. The summed E-state index contributed by atoms with van der Waals surface area (Å²) >= 11 is 5.53. The fourth-order valence-corrected chi connectivity index (χ4v) is 1.82. The third-order valence-electron chi connectivity index (χ3n) is 2.74. The molecule has 20 heavy (non-hydrogen) atoms. The van der Waals surface area contributed by atoms with Crippen LogP contribution in [0.1, 0.15) is 11.7 Å². The molecule has 0 spiro atoms. The molecular formula is C14H11ClF3NO. The number of hydrogen-bond donors (Lipinski definition) is 2. The molecule has 0 bridgehead atoms. The molecule has 0 saturated carbocycles. The summed E-state index contributed by atoms with van der Waals surface area (Å²) in [7, 11) is 0. The first kappa shape index (κ1) is 14.7. The van der Waals surface area contributed by atoms with Crippen LogP contribution in [-0.4, -0.2) is 11.7 Å². The summed E-state index contributed by atoms with van der Waals surface area (Å²) < 4.78 is 39.6. The molecule has 0 aromatic heterocycles. The van der Waals surface area contributed by atoms with Crippen LogP contribution in [0.25, 0.3) is 0 Å². The third-order valence-corrected chi connectivity index (χ3v) is 3.04. The van der Waals surface area contributed by atoms with Gasteiger partial charge >= 0.3 is 0 Å². The molecule has 1 unspecified atom stereocenters. The number of aliphatic hydroxyl groups is 1. The summed E-state index contributed by atoms with van der Waals surface area (Å²) in [6.45, 7) is -0.0958. The van der Waals surface area contributed by atoms with Crippen LogP contribution in [0.4, 0.5) is 18.9 Å². The minimum Gasteiger partial charge on any atom is -0.386 e. The lowest BCUT2D eigenvalue weighted by Crippen LogP contribution is -2.13. The maximum absolute atomic E-state index is 13.4. The Bertz CT molecular complexity index is 621. The van der Waals surface area contributed by atoms with Crippen molar-refractivity contribution >= 4 is 17.3 Å². The molecule has 0 aliphatic rings. The predicted octanol–water partition coefficient (Wildman–Crippen LogP) is 3.90. The van der Waals surface area contributed by atoms with E-state index in [0.29, 0.717) is 5.69 Å². The van der Waals surface area contributed by atoms with Crippen LogP contribution in [0, 0.1) is 17.5 Å². The lowest BCUT2D eigenvalue weighted by Gasteiger charge is -2.14. The fraction of sp³-hybridized carbons (Fsp3) is 0.143. The van der Waals surface area contributed by atoms with E-state index < -0.39 is 23.6 Å². The maximum Gasteiger partial charge on any atom is 0.143 e. The third kappa shape index (κ3) is 3.43. The van der Waals surface area contributed by atoms with E-state index in [-0.39, 0.29) is 17.1 Å². The van der Waals surface area contributed by atoms with Gasteiger partial charge in [-0.2, -0.15) is 0 Å². The predicted molar refractivity (Wildman–Crippen MR) is 71.2 cm³/mol. The number of aliphatic hydroxyl groups excluding tert-OH is 1. The van der Waals surface area contributed by atoms with E-state index >= 15 is 0 Å². The minimum atomic E-state index is -1.26. The smallest absolute Gasteiger partial charge is 0.143 e. The van der Waals surface area contributed by atoms with Gasteiger partial charge in [-0.1, -0.05) is 11.6 Å². The van der Waals surface area contributed by atoms with Gasteiger partial charge in [-0.15, -0.1) is 0 Å². The van der Waals surface area contributed by atoms with E-state index in [1.807, 2.05) is 0 Å². The highest BCUT2D eigenvalue weighted by Crippen LogP contribution is 2.21. The molecule has 6 heteroatoms. The van der Waals surface area contributed by atoms with E-state index in [9.17, 15) is 18.3 Å². The summed E-state index contributed by atoms with van der Waals surface area (Å²) in [6.07, 6.45) is -1.26. The molecule has 0 saturated heterocycles. The average Bonchev–Trinajstić information content (AvgIpc) is 2.42. The minimum absolute atomic E-state index is 0.0210. The van der Waals surface area contributed by atoms with E-state index in [4.69, 9.17) is 11.6 Å². The van der Waals surface area contributed by atoms with Crippen LogP contribution in [0.15, 0.2) is 36.4 Å². The van der Waals surface area contributed by atoms with E-state index in [0.717, 1.165) is 24.3 Å². The van der Waals surface area contributed by atoms with Crippen molar-refractivity contribution in [3.05, 3.63) is 64.4 Å². The van der Waals surface area contributed by atoms with Gasteiger partial charge < -0.3 is 10.4 Å². The topological polar surface area (TPSA) is 32.3 Å². The molecule has 2 aromatic rings. The second-order valence-corrected chi connectivity index (χ2v) is 4.60. The maximum atomic E-state index is 13.4. The van der Waals surface area contributed by atoms with Gasteiger partial charge in [-0.25, -0.2) is 13.2 Å². The van der Waals surface area contributed by atoms with Gasteiger partial charge in [0.1, 0.15) is 17.5 Å². The van der Waals surface area contributed by atoms with Crippen LogP contribution < -0.4 is 5.32 Å². The quantitative estimate of drug-likeness (QED) is 0.897. The number of rotatable bonds is 4. The highest BCUT2D eigenvalue weighted by atomic mass is 35.5. The van der Waals surface area contributed by atoms with Crippen molar-refractivity contribution in [3.8, 4) is 0 Å². The van der Waals surface area contributed by atoms with Crippen molar-refractivity contribution in [2.75, 3.05) is 11.9 Å². The Labute approximate surface area is 118 Å². The van der Waals surface area contributed by atoms with Crippen LogP contribution in [0.5, 0.6) is 0 Å². The highest BCUT2D eigenvalue weighted by molar-refractivity contribution is 6.30. The normalized spacial score (nSPS) is 12.2. The molecule has 0 aliphatic carbocycles. The molecule has 0 heterocycles. The van der Waals surface area contributed by atoms with Crippen LogP contribution >= 0.6 is 11.6 Å². The van der Waals surface area contributed by atoms with Crippen LogP contribution in [-0.2, 0) is 0 Å². The molecule has 2 aromatic carbocycles. The number of nitrogens with one attached hydrogen (secondary N) is 1. The molecule has 0 aliphatic heterocycles. The molecule has 2 rings (SSSR count). The highest BCUT2D eigenvalue weighted by Gasteiger charge is 2.14. The van der Waals surface area contributed by atoms with Crippen molar-refractivity contribution in [1.29, 1.82) is 0 Å². The zero-order chi connectivity index (χ0) is 14.7. The fourth-order valence-electron chi connectivity index (χ4n) is 1.70. The zero-order valence-corrected chi connectivity index (χ0v) is 11.0. The molecule has 0 radical (unpaired) electrons.